The summed E-state index contributed by atoms with van der Waals surface area (Å²) in [6.45, 7) is 8.67. The summed E-state index contributed by atoms with van der Waals surface area (Å²) in [5.41, 5.74) is 0. The standard InChI is InChI=1S/C23H41NO2S/c1-5-7-9-10-11-12-13-14-15-16-18-21(17-8-6-2)26-19-22(25)24-20-23(3,4)27/h6,8,16-18,27H,5,7,9-15,19-20H2,1-4H3,(H,24,25)/b8-6+,18-16+,21-17-. The molecule has 27 heavy (non-hydrogen) atoms. The van der Waals surface area contributed by atoms with Crippen LogP contribution in [0.1, 0.15) is 85.5 Å². The Bertz CT molecular complexity index is 461. The van der Waals surface area contributed by atoms with Gasteiger partial charge in [0.1, 0.15) is 5.76 Å². The molecule has 0 spiro atoms. The van der Waals surface area contributed by atoms with Crippen molar-refractivity contribution in [3.8, 4) is 0 Å². The minimum Gasteiger partial charge on any atom is -0.484 e. The second-order valence-electron chi connectivity index (χ2n) is 7.64. The van der Waals surface area contributed by atoms with E-state index in [2.05, 4.69) is 30.9 Å². The Hall–Kier alpha value is -1.16. The number of rotatable bonds is 16. The Morgan fingerprint density at radius 2 is 1.70 bits per heavy atom. The van der Waals surface area contributed by atoms with Crippen molar-refractivity contribution in [3.63, 3.8) is 0 Å². The number of hydrogen-bond donors (Lipinski definition) is 2. The number of hydrogen-bond acceptors (Lipinski definition) is 3. The lowest BCUT2D eigenvalue weighted by Gasteiger charge is -2.17. The molecule has 0 aliphatic heterocycles. The number of carbonyl (C=O) groups excluding carboxylic acids is 1. The summed E-state index contributed by atoms with van der Waals surface area (Å²) in [5, 5.41) is 2.83. The van der Waals surface area contributed by atoms with Gasteiger partial charge in [0.15, 0.2) is 6.61 Å². The van der Waals surface area contributed by atoms with Crippen LogP contribution in [0.15, 0.2) is 36.1 Å². The first-order valence-corrected chi connectivity index (χ1v) is 10.9. The molecule has 0 aromatic heterocycles. The third-order valence-corrected chi connectivity index (χ3v) is 4.21. The van der Waals surface area contributed by atoms with Crippen LogP contribution in [0, 0.1) is 0 Å². The fourth-order valence-electron chi connectivity index (χ4n) is 2.45. The van der Waals surface area contributed by atoms with Gasteiger partial charge in [0.05, 0.1) is 0 Å². The molecule has 1 N–H and O–H groups in total. The van der Waals surface area contributed by atoms with Crippen LogP contribution in [-0.4, -0.2) is 23.8 Å². The quantitative estimate of drug-likeness (QED) is 0.138. The molecule has 4 heteroatoms. The molecule has 3 nitrogen and oxygen atoms in total. The van der Waals surface area contributed by atoms with Gasteiger partial charge < -0.3 is 10.1 Å². The maximum absolute atomic E-state index is 11.9. The summed E-state index contributed by atoms with van der Waals surface area (Å²) in [6, 6.07) is 0. The van der Waals surface area contributed by atoms with E-state index in [4.69, 9.17) is 4.74 Å². The number of ether oxygens (including phenoxy) is 1. The molecule has 0 fully saturated rings. The first kappa shape index (κ1) is 25.8. The van der Waals surface area contributed by atoms with Gasteiger partial charge in [-0.1, -0.05) is 70.1 Å². The van der Waals surface area contributed by atoms with Crippen LogP contribution in [0.5, 0.6) is 0 Å². The molecule has 0 aromatic carbocycles. The molecule has 0 saturated carbocycles. The zero-order valence-corrected chi connectivity index (χ0v) is 18.8. The fourth-order valence-corrected chi connectivity index (χ4v) is 2.53. The van der Waals surface area contributed by atoms with E-state index in [1.54, 1.807) is 0 Å². The van der Waals surface area contributed by atoms with Crippen LogP contribution < -0.4 is 5.32 Å². The molecule has 0 saturated heterocycles. The highest BCUT2D eigenvalue weighted by Crippen LogP contribution is 2.11. The maximum Gasteiger partial charge on any atom is 0.257 e. The van der Waals surface area contributed by atoms with Crippen LogP contribution in [0.3, 0.4) is 0 Å². The Morgan fingerprint density at radius 1 is 1.07 bits per heavy atom. The average Bonchev–Trinajstić information content (AvgIpc) is 2.62. The third kappa shape index (κ3) is 19.4. The summed E-state index contributed by atoms with van der Waals surface area (Å²) >= 11 is 4.40. The van der Waals surface area contributed by atoms with E-state index in [1.807, 2.05) is 45.1 Å². The van der Waals surface area contributed by atoms with Gasteiger partial charge in [-0.2, -0.15) is 12.6 Å². The summed E-state index contributed by atoms with van der Waals surface area (Å²) < 4.78 is 5.41. The van der Waals surface area contributed by atoms with Crippen molar-refractivity contribution < 1.29 is 9.53 Å². The zero-order chi connectivity index (χ0) is 20.4. The highest BCUT2D eigenvalue weighted by atomic mass is 32.1. The number of nitrogens with one attached hydrogen (secondary N) is 1. The predicted octanol–water partition coefficient (Wildman–Crippen LogP) is 6.37. The van der Waals surface area contributed by atoms with E-state index in [1.165, 1.54) is 51.4 Å². The molecule has 0 aliphatic rings. The largest absolute Gasteiger partial charge is 0.484 e. The lowest BCUT2D eigenvalue weighted by Crippen LogP contribution is -2.36. The van der Waals surface area contributed by atoms with Crippen LogP contribution in [0.25, 0.3) is 0 Å². The Balaban J connectivity index is 4.06. The van der Waals surface area contributed by atoms with Crippen molar-refractivity contribution in [2.45, 2.75) is 90.2 Å². The van der Waals surface area contributed by atoms with Gasteiger partial charge in [-0.25, -0.2) is 0 Å². The Morgan fingerprint density at radius 3 is 2.30 bits per heavy atom. The first-order valence-electron chi connectivity index (χ1n) is 10.5. The van der Waals surface area contributed by atoms with Crippen LogP contribution in [-0.2, 0) is 9.53 Å². The minimum absolute atomic E-state index is 0.0232. The molecule has 0 heterocycles. The van der Waals surface area contributed by atoms with E-state index in [-0.39, 0.29) is 17.3 Å². The monoisotopic (exact) mass is 395 g/mol. The second kappa shape index (κ2) is 17.0. The minimum atomic E-state index is -0.227. The van der Waals surface area contributed by atoms with Crippen molar-refractivity contribution >= 4 is 18.5 Å². The molecule has 0 aliphatic carbocycles. The van der Waals surface area contributed by atoms with E-state index in [0.29, 0.717) is 12.3 Å². The Kier molecular flexibility index (Phi) is 16.2. The van der Waals surface area contributed by atoms with Gasteiger partial charge in [0.2, 0.25) is 0 Å². The topological polar surface area (TPSA) is 38.3 Å². The lowest BCUT2D eigenvalue weighted by molar-refractivity contribution is -0.124. The molecule has 0 bridgehead atoms. The van der Waals surface area contributed by atoms with Crippen LogP contribution in [0.4, 0.5) is 0 Å². The molecule has 1 amide bonds. The predicted molar refractivity (Wildman–Crippen MR) is 121 cm³/mol. The molecule has 0 rings (SSSR count). The SMILES string of the molecule is C/C=C/C=C(/C=C/CCCCCCCCCC)OCC(=O)NCC(C)(C)S. The molecule has 0 atom stereocenters. The van der Waals surface area contributed by atoms with Crippen molar-refractivity contribution in [2.75, 3.05) is 13.2 Å². The van der Waals surface area contributed by atoms with E-state index in [9.17, 15) is 4.79 Å². The summed E-state index contributed by atoms with van der Waals surface area (Å²) in [6.07, 6.45) is 21.5. The van der Waals surface area contributed by atoms with Crippen LogP contribution >= 0.6 is 12.6 Å². The first-order chi connectivity index (χ1) is 12.9. The van der Waals surface area contributed by atoms with Gasteiger partial charge in [-0.3, -0.25) is 4.79 Å². The number of unbranched alkanes of at least 4 members (excludes halogenated alkanes) is 8. The Labute approximate surface area is 173 Å². The highest BCUT2D eigenvalue weighted by Gasteiger charge is 2.13. The number of amides is 1. The van der Waals surface area contributed by atoms with E-state index >= 15 is 0 Å². The van der Waals surface area contributed by atoms with Crippen LogP contribution in [0.2, 0.25) is 0 Å². The molecule has 0 aromatic rings. The molecular weight excluding hydrogens is 354 g/mol. The number of thiol groups is 1. The molecule has 156 valence electrons. The number of carbonyl (C=O) groups is 1. The smallest absolute Gasteiger partial charge is 0.257 e. The molecular formula is C23H41NO2S. The van der Waals surface area contributed by atoms with Crippen molar-refractivity contribution in [2.24, 2.45) is 0 Å². The van der Waals surface area contributed by atoms with Crippen molar-refractivity contribution in [1.82, 2.24) is 5.32 Å². The highest BCUT2D eigenvalue weighted by molar-refractivity contribution is 7.81. The van der Waals surface area contributed by atoms with Crippen molar-refractivity contribution in [1.29, 1.82) is 0 Å². The normalized spacial score (nSPS) is 12.9. The second-order valence-corrected chi connectivity index (χ2v) is 8.85. The van der Waals surface area contributed by atoms with Gasteiger partial charge in [-0.15, -0.1) is 0 Å². The summed E-state index contributed by atoms with van der Waals surface area (Å²) in [7, 11) is 0. The lowest BCUT2D eigenvalue weighted by atomic mass is 10.1. The fraction of sp³-hybridized carbons (Fsp3) is 0.696. The molecule has 0 unspecified atom stereocenters. The zero-order valence-electron chi connectivity index (χ0n) is 17.9. The summed E-state index contributed by atoms with van der Waals surface area (Å²) in [4.78, 5) is 11.9. The average molecular weight is 396 g/mol. The number of allylic oxidation sites excluding steroid dienone is 5. The van der Waals surface area contributed by atoms with Gasteiger partial charge in [0, 0.05) is 11.3 Å². The summed E-state index contributed by atoms with van der Waals surface area (Å²) in [5.74, 6) is 0.591. The van der Waals surface area contributed by atoms with E-state index < -0.39 is 0 Å². The van der Waals surface area contributed by atoms with Crippen molar-refractivity contribution in [3.05, 3.63) is 36.1 Å². The van der Waals surface area contributed by atoms with E-state index in [0.717, 1.165) is 6.42 Å². The molecule has 0 radical (unpaired) electrons. The van der Waals surface area contributed by atoms with Gasteiger partial charge in [-0.05, 0) is 45.8 Å². The van der Waals surface area contributed by atoms with Gasteiger partial charge in [0.25, 0.3) is 5.91 Å². The third-order valence-electron chi connectivity index (χ3n) is 4.05. The van der Waals surface area contributed by atoms with Gasteiger partial charge >= 0.3 is 0 Å². The maximum atomic E-state index is 11.9.